The van der Waals surface area contributed by atoms with Crippen molar-refractivity contribution in [2.75, 3.05) is 46.3 Å². The van der Waals surface area contributed by atoms with E-state index in [-0.39, 0.29) is 11.7 Å². The van der Waals surface area contributed by atoms with Gasteiger partial charge in [-0.3, -0.25) is 9.69 Å². The van der Waals surface area contributed by atoms with Crippen LogP contribution in [0.5, 0.6) is 11.5 Å². The molecular formula is C20H27N3O3S. The number of benzene rings is 1. The lowest BCUT2D eigenvalue weighted by molar-refractivity contribution is 0.0812. The summed E-state index contributed by atoms with van der Waals surface area (Å²) in [7, 11) is 7.19. The van der Waals surface area contributed by atoms with E-state index in [9.17, 15) is 4.79 Å². The van der Waals surface area contributed by atoms with Crippen LogP contribution in [-0.4, -0.2) is 57.1 Å². The molecule has 1 saturated heterocycles. The smallest absolute Gasteiger partial charge is 0.185 e. The van der Waals surface area contributed by atoms with Gasteiger partial charge in [0.25, 0.3) is 0 Å². The van der Waals surface area contributed by atoms with Gasteiger partial charge in [0.2, 0.25) is 0 Å². The second-order valence-electron chi connectivity index (χ2n) is 7.01. The maximum Gasteiger partial charge on any atom is 0.185 e. The lowest BCUT2D eigenvalue weighted by Gasteiger charge is -2.31. The van der Waals surface area contributed by atoms with Crippen LogP contribution in [-0.2, 0) is 6.54 Å². The van der Waals surface area contributed by atoms with Gasteiger partial charge in [-0.1, -0.05) is 0 Å². The average molecular weight is 390 g/mol. The largest absolute Gasteiger partial charge is 0.493 e. The molecule has 0 aliphatic carbocycles. The molecule has 2 aromatic rings. The summed E-state index contributed by atoms with van der Waals surface area (Å²) in [5, 5.41) is 1.01. The Hall–Kier alpha value is -2.12. The second kappa shape index (κ2) is 8.71. The summed E-state index contributed by atoms with van der Waals surface area (Å²) in [4.78, 5) is 23.1. The number of rotatable bonds is 7. The topological polar surface area (TPSA) is 54.9 Å². The Kier molecular flexibility index (Phi) is 6.34. The van der Waals surface area contributed by atoms with Crippen molar-refractivity contribution in [1.82, 2.24) is 9.88 Å². The molecular weight excluding hydrogens is 362 g/mol. The van der Waals surface area contributed by atoms with Gasteiger partial charge in [-0.05, 0) is 37.6 Å². The first-order valence-electron chi connectivity index (χ1n) is 9.12. The number of Topliss-reactive ketones (excluding diaryl/α,β-unsaturated/α-hetero) is 1. The van der Waals surface area contributed by atoms with Gasteiger partial charge in [-0.25, -0.2) is 4.98 Å². The van der Waals surface area contributed by atoms with Crippen molar-refractivity contribution in [2.24, 2.45) is 5.92 Å². The van der Waals surface area contributed by atoms with Crippen molar-refractivity contribution < 1.29 is 14.3 Å². The van der Waals surface area contributed by atoms with Gasteiger partial charge in [0.1, 0.15) is 0 Å². The van der Waals surface area contributed by atoms with E-state index >= 15 is 0 Å². The highest BCUT2D eigenvalue weighted by Crippen LogP contribution is 2.30. The number of hydrogen-bond donors (Lipinski definition) is 0. The van der Waals surface area contributed by atoms with Gasteiger partial charge in [0, 0.05) is 49.7 Å². The van der Waals surface area contributed by atoms with E-state index < -0.39 is 0 Å². The summed E-state index contributed by atoms with van der Waals surface area (Å²) in [5.41, 5.74) is 0.687. The minimum absolute atomic E-state index is 0.0121. The number of aromatic nitrogens is 1. The lowest BCUT2D eigenvalue weighted by atomic mass is 9.90. The van der Waals surface area contributed by atoms with Crippen LogP contribution in [0.1, 0.15) is 28.1 Å². The molecule has 27 heavy (non-hydrogen) atoms. The van der Waals surface area contributed by atoms with Crippen LogP contribution in [0.15, 0.2) is 24.4 Å². The summed E-state index contributed by atoms with van der Waals surface area (Å²) in [6, 6.07) is 5.41. The Labute approximate surface area is 164 Å². The van der Waals surface area contributed by atoms with Crippen LogP contribution in [0.3, 0.4) is 0 Å². The molecule has 7 heteroatoms. The highest BCUT2D eigenvalue weighted by atomic mass is 32.1. The standard InChI is InChI=1S/C20H27N3O3S/c1-22(2)20-21-11-16(27-20)13-23-9-5-6-15(12-23)19(24)14-7-8-17(25-3)18(10-14)26-4/h7-8,10-11,15H,5-6,9,12-13H2,1-4H3/t15-/m1/s1. The highest BCUT2D eigenvalue weighted by molar-refractivity contribution is 7.15. The Morgan fingerprint density at radius 2 is 2.07 bits per heavy atom. The maximum atomic E-state index is 13.0. The zero-order valence-corrected chi connectivity index (χ0v) is 17.2. The molecule has 0 unspecified atom stereocenters. The molecule has 0 N–H and O–H groups in total. The zero-order valence-electron chi connectivity index (χ0n) is 16.4. The maximum absolute atomic E-state index is 13.0. The molecule has 1 aromatic carbocycles. The molecule has 1 fully saturated rings. The van der Waals surface area contributed by atoms with Crippen LogP contribution < -0.4 is 14.4 Å². The van der Waals surface area contributed by atoms with E-state index in [1.807, 2.05) is 31.3 Å². The van der Waals surface area contributed by atoms with Gasteiger partial charge in [-0.15, -0.1) is 11.3 Å². The minimum Gasteiger partial charge on any atom is -0.493 e. The number of thiazole rings is 1. The number of ketones is 1. The fourth-order valence-corrected chi connectivity index (χ4v) is 4.31. The fourth-order valence-electron chi connectivity index (χ4n) is 3.44. The van der Waals surface area contributed by atoms with Gasteiger partial charge >= 0.3 is 0 Å². The average Bonchev–Trinajstić information content (AvgIpc) is 3.16. The Bertz CT molecular complexity index is 791. The number of piperidine rings is 1. The molecule has 0 amide bonds. The lowest BCUT2D eigenvalue weighted by Crippen LogP contribution is -2.38. The first kappa shape index (κ1) is 19.6. The Morgan fingerprint density at radius 3 is 2.74 bits per heavy atom. The molecule has 0 spiro atoms. The third-order valence-electron chi connectivity index (χ3n) is 4.85. The summed E-state index contributed by atoms with van der Waals surface area (Å²) < 4.78 is 10.6. The van der Waals surface area contributed by atoms with Crippen LogP contribution in [0.4, 0.5) is 5.13 Å². The molecule has 0 saturated carbocycles. The summed E-state index contributed by atoms with van der Waals surface area (Å²) in [6.45, 7) is 2.65. The minimum atomic E-state index is 0.0121. The molecule has 3 rings (SSSR count). The molecule has 2 heterocycles. The van der Waals surface area contributed by atoms with Crippen molar-refractivity contribution in [3.8, 4) is 11.5 Å². The number of hydrogen-bond acceptors (Lipinski definition) is 7. The SMILES string of the molecule is COc1ccc(C(=O)[C@@H]2CCCN(Cc3cnc(N(C)C)s3)C2)cc1OC. The zero-order chi connectivity index (χ0) is 19.4. The van der Waals surface area contributed by atoms with Crippen molar-refractivity contribution in [3.05, 3.63) is 34.8 Å². The third-order valence-corrected chi connectivity index (χ3v) is 6.00. The molecule has 1 aliphatic rings. The third kappa shape index (κ3) is 4.59. The molecule has 0 bridgehead atoms. The van der Waals surface area contributed by atoms with Gasteiger partial charge in [-0.2, -0.15) is 0 Å². The Balaban J connectivity index is 1.67. The van der Waals surface area contributed by atoms with Crippen molar-refractivity contribution >= 4 is 22.3 Å². The number of ether oxygens (including phenoxy) is 2. The van der Waals surface area contributed by atoms with Gasteiger partial charge in [0.15, 0.2) is 22.4 Å². The molecule has 1 aromatic heterocycles. The molecule has 1 aliphatic heterocycles. The van der Waals surface area contributed by atoms with E-state index in [2.05, 4.69) is 9.88 Å². The Morgan fingerprint density at radius 1 is 1.30 bits per heavy atom. The first-order valence-corrected chi connectivity index (χ1v) is 9.94. The van der Waals surface area contributed by atoms with E-state index in [0.717, 1.165) is 37.6 Å². The van der Waals surface area contributed by atoms with Gasteiger partial charge in [0.05, 0.1) is 14.2 Å². The van der Waals surface area contributed by atoms with Crippen LogP contribution in [0, 0.1) is 5.92 Å². The molecule has 146 valence electrons. The number of nitrogens with zero attached hydrogens (tertiary/aromatic N) is 3. The van der Waals surface area contributed by atoms with Crippen LogP contribution >= 0.6 is 11.3 Å². The molecule has 6 nitrogen and oxygen atoms in total. The molecule has 0 radical (unpaired) electrons. The van der Waals surface area contributed by atoms with Crippen molar-refractivity contribution in [2.45, 2.75) is 19.4 Å². The number of anilines is 1. The summed E-state index contributed by atoms with van der Waals surface area (Å²) in [5.74, 6) is 1.43. The normalized spacial score (nSPS) is 17.6. The van der Waals surface area contributed by atoms with Crippen LogP contribution in [0.2, 0.25) is 0 Å². The number of likely N-dealkylation sites (tertiary alicyclic amines) is 1. The second-order valence-corrected chi connectivity index (χ2v) is 8.11. The predicted octanol–water partition coefficient (Wildman–Crippen LogP) is 3.32. The fraction of sp³-hybridized carbons (Fsp3) is 0.500. The number of carbonyl (C=O) groups excluding carboxylic acids is 1. The highest BCUT2D eigenvalue weighted by Gasteiger charge is 2.27. The summed E-state index contributed by atoms with van der Waals surface area (Å²) in [6.07, 6.45) is 3.90. The predicted molar refractivity (Wildman–Crippen MR) is 108 cm³/mol. The quantitative estimate of drug-likeness (QED) is 0.677. The van der Waals surface area contributed by atoms with Gasteiger partial charge < -0.3 is 14.4 Å². The van der Waals surface area contributed by atoms with Crippen molar-refractivity contribution in [3.63, 3.8) is 0 Å². The summed E-state index contributed by atoms with van der Waals surface area (Å²) >= 11 is 1.71. The van der Waals surface area contributed by atoms with E-state index in [1.54, 1.807) is 37.7 Å². The monoisotopic (exact) mass is 389 g/mol. The first-order chi connectivity index (χ1) is 13.0. The van der Waals surface area contributed by atoms with E-state index in [4.69, 9.17) is 9.47 Å². The van der Waals surface area contributed by atoms with E-state index in [1.165, 1.54) is 4.88 Å². The van der Waals surface area contributed by atoms with Crippen molar-refractivity contribution in [1.29, 1.82) is 0 Å². The van der Waals surface area contributed by atoms with Crippen LogP contribution in [0.25, 0.3) is 0 Å². The number of methoxy groups -OCH3 is 2. The van der Waals surface area contributed by atoms with E-state index in [0.29, 0.717) is 17.1 Å². The molecule has 1 atom stereocenters. The number of carbonyl (C=O) groups is 1.